The Morgan fingerprint density at radius 3 is 2.48 bits per heavy atom. The molecule has 0 radical (unpaired) electrons. The first-order chi connectivity index (χ1) is 18.9. The van der Waals surface area contributed by atoms with E-state index in [0.717, 1.165) is 6.20 Å². The van der Waals surface area contributed by atoms with Crippen LogP contribution in [0.4, 0.5) is 38.0 Å². The largest absolute Gasteiger partial charge is 0.423 e. The van der Waals surface area contributed by atoms with Gasteiger partial charge in [-0.15, -0.1) is 0 Å². The normalized spacial score (nSPS) is 19.7. The number of aromatic amines is 1. The minimum absolute atomic E-state index is 0.0176. The maximum Gasteiger partial charge on any atom is 0.423 e. The van der Waals surface area contributed by atoms with Crippen molar-refractivity contribution in [2.75, 3.05) is 62.8 Å². The van der Waals surface area contributed by atoms with Crippen molar-refractivity contribution in [3.8, 4) is 0 Å². The van der Waals surface area contributed by atoms with Crippen LogP contribution in [0.5, 0.6) is 0 Å². The summed E-state index contributed by atoms with van der Waals surface area (Å²) in [5.41, 5.74) is -4.16. The molecule has 0 aromatic carbocycles. The number of hydrogen-bond donors (Lipinski definition) is 2. The summed E-state index contributed by atoms with van der Waals surface area (Å²) in [6.07, 6.45) is -6.15. The molecule has 2 N–H and O–H groups in total. The second-order valence-electron chi connectivity index (χ2n) is 9.38. The molecule has 1 amide bonds. The van der Waals surface area contributed by atoms with Crippen molar-refractivity contribution in [3.05, 3.63) is 40.1 Å². The number of hydrogen-bond acceptors (Lipinski definition) is 9. The van der Waals surface area contributed by atoms with Crippen LogP contribution >= 0.6 is 0 Å². The zero-order valence-electron chi connectivity index (χ0n) is 21.1. The van der Waals surface area contributed by atoms with E-state index in [1.807, 2.05) is 4.90 Å². The smallest absolute Gasteiger partial charge is 0.381 e. The van der Waals surface area contributed by atoms with Crippen LogP contribution in [0.2, 0.25) is 0 Å². The zero-order valence-corrected chi connectivity index (χ0v) is 21.1. The van der Waals surface area contributed by atoms with E-state index in [1.54, 1.807) is 5.10 Å². The summed E-state index contributed by atoms with van der Waals surface area (Å²) in [6.45, 7) is 2.23. The number of carbonyl (C=O) groups excluding carboxylic acids is 1. The number of halogens is 6. The third kappa shape index (κ3) is 7.45. The summed E-state index contributed by atoms with van der Waals surface area (Å²) in [6, 6.07) is -0.568. The van der Waals surface area contributed by atoms with Gasteiger partial charge in [0.1, 0.15) is 5.56 Å². The summed E-state index contributed by atoms with van der Waals surface area (Å²) in [4.78, 5) is 34.7. The van der Waals surface area contributed by atoms with Crippen molar-refractivity contribution in [3.63, 3.8) is 0 Å². The highest BCUT2D eigenvalue weighted by atomic mass is 19.4. The number of amides is 1. The van der Waals surface area contributed by atoms with E-state index in [2.05, 4.69) is 20.4 Å². The molecule has 11 nitrogen and oxygen atoms in total. The summed E-state index contributed by atoms with van der Waals surface area (Å²) >= 11 is 0. The molecule has 2 fully saturated rings. The second-order valence-corrected chi connectivity index (χ2v) is 9.38. The standard InChI is InChI=1S/C23H27F6N7O4/c24-22(25,26)15-8-30-21(31-9-15)36-5-4-35(11-18(36)37)3-1-6-39-13-17(14-2-7-40-12-14)33-16-10-32-34-20(38)19(16)23(27,28)29/h8-10,14,17H,1-7,11-13H2,(H2,33,34,38)/t14-,17-/m1/s1. The van der Waals surface area contributed by atoms with Gasteiger partial charge in [-0.05, 0) is 12.8 Å². The second kappa shape index (κ2) is 12.5. The summed E-state index contributed by atoms with van der Waals surface area (Å²) in [7, 11) is 0. The molecule has 2 aliphatic heterocycles. The average Bonchev–Trinajstić information content (AvgIpc) is 3.42. The molecule has 0 aliphatic carbocycles. The van der Waals surface area contributed by atoms with Gasteiger partial charge >= 0.3 is 12.4 Å². The number of H-pyrrole nitrogens is 1. The topological polar surface area (TPSA) is 126 Å². The highest BCUT2D eigenvalue weighted by molar-refractivity contribution is 5.93. The molecule has 4 heterocycles. The number of ether oxygens (including phenoxy) is 2. The molecule has 0 saturated carbocycles. The molecule has 2 atom stereocenters. The van der Waals surface area contributed by atoms with E-state index < -0.39 is 40.8 Å². The van der Waals surface area contributed by atoms with Crippen molar-refractivity contribution in [2.45, 2.75) is 31.2 Å². The lowest BCUT2D eigenvalue weighted by molar-refractivity contribution is -0.139. The van der Waals surface area contributed by atoms with Gasteiger partial charge in [0.2, 0.25) is 11.9 Å². The summed E-state index contributed by atoms with van der Waals surface area (Å²) < 4.78 is 89.6. The number of rotatable bonds is 10. The number of piperazine rings is 1. The van der Waals surface area contributed by atoms with Crippen molar-refractivity contribution in [1.29, 1.82) is 0 Å². The first kappa shape index (κ1) is 29.7. The molecule has 0 unspecified atom stereocenters. The highest BCUT2D eigenvalue weighted by Crippen LogP contribution is 2.33. The van der Waals surface area contributed by atoms with Gasteiger partial charge in [0.25, 0.3) is 5.56 Å². The first-order valence-electron chi connectivity index (χ1n) is 12.4. The number of alkyl halides is 6. The fourth-order valence-corrected chi connectivity index (χ4v) is 4.49. The van der Waals surface area contributed by atoms with Gasteiger partial charge < -0.3 is 14.8 Å². The monoisotopic (exact) mass is 579 g/mol. The van der Waals surface area contributed by atoms with Crippen LogP contribution in [0.25, 0.3) is 0 Å². The first-order valence-corrected chi connectivity index (χ1v) is 12.4. The van der Waals surface area contributed by atoms with Crippen molar-refractivity contribution < 1.29 is 40.6 Å². The van der Waals surface area contributed by atoms with Gasteiger partial charge in [-0.2, -0.15) is 31.4 Å². The molecule has 0 bridgehead atoms. The van der Waals surface area contributed by atoms with Crippen molar-refractivity contribution in [1.82, 2.24) is 25.1 Å². The zero-order chi connectivity index (χ0) is 28.9. The van der Waals surface area contributed by atoms with Gasteiger partial charge in [-0.3, -0.25) is 19.4 Å². The SMILES string of the molecule is O=C1CN(CCCOC[C@@H](Nc2cn[nH]c(=O)c2C(F)(F)F)[C@@H]2CCOC2)CCN1c1ncc(C(F)(F)F)cn1. The molecule has 2 aromatic heterocycles. The predicted octanol–water partition coefficient (Wildman–Crippen LogP) is 2.17. The van der Waals surface area contributed by atoms with E-state index >= 15 is 0 Å². The van der Waals surface area contributed by atoms with Crippen LogP contribution < -0.4 is 15.8 Å². The number of carbonyl (C=O) groups is 1. The lowest BCUT2D eigenvalue weighted by Gasteiger charge is -2.33. The molecule has 2 aromatic rings. The quantitative estimate of drug-likeness (QED) is 0.322. The molecule has 4 rings (SSSR count). The Balaban J connectivity index is 1.25. The summed E-state index contributed by atoms with van der Waals surface area (Å²) in [5, 5.41) is 8.06. The molecular formula is C23H27F6N7O4. The molecule has 2 aliphatic rings. The third-order valence-electron chi connectivity index (χ3n) is 6.58. The number of anilines is 2. The molecule has 0 spiro atoms. The number of nitrogens with one attached hydrogen (secondary N) is 2. The fraction of sp³-hybridized carbons (Fsp3) is 0.609. The van der Waals surface area contributed by atoms with Crippen LogP contribution in [-0.4, -0.2) is 89.6 Å². The lowest BCUT2D eigenvalue weighted by atomic mass is 9.99. The maximum absolute atomic E-state index is 13.4. The van der Waals surface area contributed by atoms with Crippen LogP contribution in [-0.2, 0) is 26.6 Å². The van der Waals surface area contributed by atoms with Crippen LogP contribution in [0.15, 0.2) is 23.4 Å². The molecular weight excluding hydrogens is 552 g/mol. The molecule has 220 valence electrons. The van der Waals surface area contributed by atoms with Gasteiger partial charge in [-0.1, -0.05) is 0 Å². The molecule has 17 heteroatoms. The van der Waals surface area contributed by atoms with Crippen molar-refractivity contribution >= 4 is 17.5 Å². The van der Waals surface area contributed by atoms with E-state index in [4.69, 9.17) is 9.47 Å². The molecule has 40 heavy (non-hydrogen) atoms. The Hall–Kier alpha value is -3.31. The Bertz CT molecular complexity index is 1200. The van der Waals surface area contributed by atoms with Crippen LogP contribution in [0.1, 0.15) is 24.0 Å². The predicted molar refractivity (Wildman–Crippen MR) is 127 cm³/mol. The van der Waals surface area contributed by atoms with Gasteiger partial charge in [-0.25, -0.2) is 15.1 Å². The number of nitrogens with zero attached hydrogens (tertiary/aromatic N) is 5. The van der Waals surface area contributed by atoms with E-state index in [1.165, 1.54) is 4.90 Å². The Labute approximate surface area is 223 Å². The minimum atomic E-state index is -4.88. The Kier molecular flexibility index (Phi) is 9.25. The molecule has 2 saturated heterocycles. The minimum Gasteiger partial charge on any atom is -0.381 e. The van der Waals surface area contributed by atoms with E-state index in [0.29, 0.717) is 51.5 Å². The van der Waals surface area contributed by atoms with E-state index in [-0.39, 0.29) is 44.1 Å². The van der Waals surface area contributed by atoms with Crippen molar-refractivity contribution in [2.24, 2.45) is 5.92 Å². The lowest BCUT2D eigenvalue weighted by Crippen LogP contribution is -2.51. The fourth-order valence-electron chi connectivity index (χ4n) is 4.49. The Morgan fingerprint density at radius 1 is 1.10 bits per heavy atom. The number of aromatic nitrogens is 4. The van der Waals surface area contributed by atoms with Crippen LogP contribution in [0.3, 0.4) is 0 Å². The third-order valence-corrected chi connectivity index (χ3v) is 6.58. The highest BCUT2D eigenvalue weighted by Gasteiger charge is 2.39. The average molecular weight is 580 g/mol. The van der Waals surface area contributed by atoms with Gasteiger partial charge in [0, 0.05) is 51.2 Å². The van der Waals surface area contributed by atoms with Gasteiger partial charge in [0.15, 0.2) is 0 Å². The van der Waals surface area contributed by atoms with Crippen LogP contribution in [0, 0.1) is 5.92 Å². The Morgan fingerprint density at radius 2 is 1.85 bits per heavy atom. The summed E-state index contributed by atoms with van der Waals surface area (Å²) in [5.74, 6) is -0.595. The maximum atomic E-state index is 13.4. The van der Waals surface area contributed by atoms with Gasteiger partial charge in [0.05, 0.1) is 43.2 Å². The van der Waals surface area contributed by atoms with E-state index in [9.17, 15) is 35.9 Å².